The highest BCUT2D eigenvalue weighted by molar-refractivity contribution is 5.44. The summed E-state index contributed by atoms with van der Waals surface area (Å²) in [6, 6.07) is 20.9. The van der Waals surface area contributed by atoms with Gasteiger partial charge in [0.25, 0.3) is 0 Å². The average molecular weight is 351 g/mol. The smallest absolute Gasteiger partial charge is 0.414 e. The maximum atomic E-state index is 5.96. The van der Waals surface area contributed by atoms with Crippen LogP contribution in [0.2, 0.25) is 0 Å². The van der Waals surface area contributed by atoms with Gasteiger partial charge in [-0.1, -0.05) is 0 Å². The molecule has 0 aliphatic rings. The van der Waals surface area contributed by atoms with E-state index >= 15 is 0 Å². The van der Waals surface area contributed by atoms with Crippen LogP contribution in [0, 0.1) is 0 Å². The van der Waals surface area contributed by atoms with Crippen LogP contribution in [-0.2, 0) is 0 Å². The largest absolute Gasteiger partial charge is 0.421 e. The Labute approximate surface area is 152 Å². The Kier molecular flexibility index (Phi) is 4.75. The fourth-order valence-corrected chi connectivity index (χ4v) is 2.31. The number of ether oxygens (including phenoxy) is 3. The monoisotopic (exact) mass is 351 g/mol. The molecule has 0 amide bonds. The molecule has 134 valence electrons. The van der Waals surface area contributed by atoms with E-state index in [1.165, 1.54) is 0 Å². The van der Waals surface area contributed by atoms with E-state index in [0.717, 1.165) is 0 Å². The number of hydrogen-bond acceptors (Lipinski definition) is 6. The van der Waals surface area contributed by atoms with Crippen molar-refractivity contribution in [1.29, 1.82) is 0 Å². The molecule has 3 aromatic rings. The lowest BCUT2D eigenvalue weighted by molar-refractivity contribution is -0.238. The first-order valence-corrected chi connectivity index (χ1v) is 8.05. The highest BCUT2D eigenvalue weighted by Gasteiger charge is 2.32. The summed E-state index contributed by atoms with van der Waals surface area (Å²) in [6.45, 7) is 1.68. The van der Waals surface area contributed by atoms with E-state index in [4.69, 9.17) is 31.4 Å². The van der Waals surface area contributed by atoms with E-state index < -0.39 is 5.97 Å². The maximum absolute atomic E-state index is 5.96. The summed E-state index contributed by atoms with van der Waals surface area (Å²) < 4.78 is 17.9. The molecule has 0 aliphatic heterocycles. The summed E-state index contributed by atoms with van der Waals surface area (Å²) in [7, 11) is 0. The Morgan fingerprint density at radius 1 is 0.500 bits per heavy atom. The molecule has 26 heavy (non-hydrogen) atoms. The molecule has 0 fully saturated rings. The third-order valence-electron chi connectivity index (χ3n) is 3.55. The highest BCUT2D eigenvalue weighted by Crippen LogP contribution is 2.28. The van der Waals surface area contributed by atoms with Gasteiger partial charge in [0.05, 0.1) is 6.92 Å². The zero-order valence-corrected chi connectivity index (χ0v) is 14.4. The van der Waals surface area contributed by atoms with Crippen molar-refractivity contribution in [3.8, 4) is 17.2 Å². The lowest BCUT2D eigenvalue weighted by Gasteiger charge is -2.31. The minimum absolute atomic E-state index is 0.549. The van der Waals surface area contributed by atoms with Gasteiger partial charge in [-0.3, -0.25) is 0 Å². The summed E-state index contributed by atoms with van der Waals surface area (Å²) in [4.78, 5) is 0. The van der Waals surface area contributed by atoms with Gasteiger partial charge in [0.1, 0.15) is 17.2 Å². The molecule has 0 heterocycles. The minimum Gasteiger partial charge on any atom is -0.421 e. The van der Waals surface area contributed by atoms with Crippen molar-refractivity contribution in [1.82, 2.24) is 0 Å². The SMILES string of the molecule is CC(Oc1ccc(N)cc1)(Oc1ccc(N)cc1)Oc1ccc(N)cc1. The van der Waals surface area contributed by atoms with Gasteiger partial charge >= 0.3 is 5.97 Å². The van der Waals surface area contributed by atoms with E-state index in [1.54, 1.807) is 79.7 Å². The van der Waals surface area contributed by atoms with E-state index in [1.807, 2.05) is 0 Å². The molecule has 0 atom stereocenters. The van der Waals surface area contributed by atoms with Gasteiger partial charge in [-0.2, -0.15) is 0 Å². The number of benzene rings is 3. The van der Waals surface area contributed by atoms with Crippen LogP contribution in [-0.4, -0.2) is 5.97 Å². The molecule has 6 N–H and O–H groups in total. The molecular weight excluding hydrogens is 330 g/mol. The molecule has 0 saturated heterocycles. The first-order valence-electron chi connectivity index (χ1n) is 8.05. The molecule has 3 rings (SSSR count). The summed E-state index contributed by atoms with van der Waals surface area (Å²) >= 11 is 0. The first kappa shape index (κ1) is 17.3. The Morgan fingerprint density at radius 2 is 0.731 bits per heavy atom. The highest BCUT2D eigenvalue weighted by atomic mass is 16.9. The molecule has 0 aliphatic carbocycles. The molecule has 0 spiro atoms. The van der Waals surface area contributed by atoms with Crippen LogP contribution in [0.5, 0.6) is 17.2 Å². The van der Waals surface area contributed by atoms with Crippen LogP contribution >= 0.6 is 0 Å². The Balaban J connectivity index is 1.86. The second-order valence-electron chi connectivity index (χ2n) is 5.88. The Morgan fingerprint density at radius 3 is 0.962 bits per heavy atom. The van der Waals surface area contributed by atoms with Crippen LogP contribution < -0.4 is 31.4 Å². The summed E-state index contributed by atoms with van der Waals surface area (Å²) in [6.07, 6.45) is 0. The molecule has 6 heteroatoms. The van der Waals surface area contributed by atoms with Crippen LogP contribution in [0.3, 0.4) is 0 Å². The Bertz CT molecular complexity index is 731. The van der Waals surface area contributed by atoms with Gasteiger partial charge in [0.15, 0.2) is 0 Å². The number of nitrogen functional groups attached to an aromatic ring is 3. The molecule has 3 aromatic carbocycles. The third kappa shape index (κ3) is 4.51. The van der Waals surface area contributed by atoms with Crippen LogP contribution in [0.15, 0.2) is 72.8 Å². The third-order valence-corrected chi connectivity index (χ3v) is 3.55. The fraction of sp³-hybridized carbons (Fsp3) is 0.100. The molecular formula is C20H21N3O3. The second-order valence-corrected chi connectivity index (χ2v) is 5.88. The average Bonchev–Trinajstić information content (AvgIpc) is 2.61. The van der Waals surface area contributed by atoms with Crippen molar-refractivity contribution in [3.63, 3.8) is 0 Å². The number of rotatable bonds is 6. The number of anilines is 3. The molecule has 0 unspecified atom stereocenters. The molecule has 0 radical (unpaired) electrons. The van der Waals surface area contributed by atoms with E-state index in [-0.39, 0.29) is 0 Å². The first-order chi connectivity index (χ1) is 12.4. The normalized spacial score (nSPS) is 11.0. The topological polar surface area (TPSA) is 106 Å². The van der Waals surface area contributed by atoms with Crippen molar-refractivity contribution in [2.75, 3.05) is 17.2 Å². The maximum Gasteiger partial charge on any atom is 0.414 e. The van der Waals surface area contributed by atoms with Gasteiger partial charge < -0.3 is 31.4 Å². The van der Waals surface area contributed by atoms with Crippen molar-refractivity contribution in [2.45, 2.75) is 12.9 Å². The van der Waals surface area contributed by atoms with Gasteiger partial charge in [-0.05, 0) is 72.8 Å². The summed E-state index contributed by atoms with van der Waals surface area (Å²) in [5.74, 6) is 0.218. The van der Waals surface area contributed by atoms with Crippen LogP contribution in [0.4, 0.5) is 17.1 Å². The Hall–Kier alpha value is -3.54. The zero-order valence-electron chi connectivity index (χ0n) is 14.4. The molecule has 0 aromatic heterocycles. The predicted molar refractivity (Wildman–Crippen MR) is 103 cm³/mol. The predicted octanol–water partition coefficient (Wildman–Crippen LogP) is 3.64. The van der Waals surface area contributed by atoms with Gasteiger partial charge in [-0.15, -0.1) is 0 Å². The van der Waals surface area contributed by atoms with E-state index in [0.29, 0.717) is 34.3 Å². The van der Waals surface area contributed by atoms with E-state index in [9.17, 15) is 0 Å². The van der Waals surface area contributed by atoms with Gasteiger partial charge in [-0.25, -0.2) is 0 Å². The van der Waals surface area contributed by atoms with Crippen molar-refractivity contribution < 1.29 is 14.2 Å². The number of nitrogens with two attached hydrogens (primary N) is 3. The standard InChI is InChI=1S/C20H21N3O3/c1-20(24-17-8-2-14(21)3-9-17,25-18-10-4-15(22)5-11-18)26-19-12-6-16(23)7-13-19/h2-13H,21-23H2,1H3. The minimum atomic E-state index is -1.43. The quantitative estimate of drug-likeness (QED) is 0.462. The lowest BCUT2D eigenvalue weighted by Crippen LogP contribution is -2.45. The fourth-order valence-electron chi connectivity index (χ4n) is 2.31. The molecule has 6 nitrogen and oxygen atoms in total. The van der Waals surface area contributed by atoms with Gasteiger partial charge in [0, 0.05) is 17.1 Å². The zero-order chi connectivity index (χ0) is 18.6. The summed E-state index contributed by atoms with van der Waals surface area (Å²) in [5, 5.41) is 0. The van der Waals surface area contributed by atoms with Crippen molar-refractivity contribution in [3.05, 3.63) is 72.8 Å². The molecule has 0 saturated carbocycles. The van der Waals surface area contributed by atoms with Gasteiger partial charge in [0.2, 0.25) is 0 Å². The second kappa shape index (κ2) is 7.14. The van der Waals surface area contributed by atoms with Crippen LogP contribution in [0.25, 0.3) is 0 Å². The molecule has 0 bridgehead atoms. The van der Waals surface area contributed by atoms with E-state index in [2.05, 4.69) is 0 Å². The van der Waals surface area contributed by atoms with Crippen LogP contribution in [0.1, 0.15) is 6.92 Å². The van der Waals surface area contributed by atoms with Crippen molar-refractivity contribution in [2.24, 2.45) is 0 Å². The van der Waals surface area contributed by atoms with Crippen molar-refractivity contribution >= 4 is 17.1 Å². The summed E-state index contributed by atoms with van der Waals surface area (Å²) in [5.41, 5.74) is 19.1. The lowest BCUT2D eigenvalue weighted by atomic mass is 10.3. The number of hydrogen-bond donors (Lipinski definition) is 3.